The molecular formula is C77H144O16P2. The molecule has 0 aliphatic heterocycles. The number of carbonyl (C=O) groups excluding carboxylic acids is 3. The summed E-state index contributed by atoms with van der Waals surface area (Å²) in [6.07, 6.45) is 74.8. The first-order chi connectivity index (χ1) is 46.2. The molecule has 95 heavy (non-hydrogen) atoms. The zero-order valence-corrected chi connectivity index (χ0v) is 62.6. The van der Waals surface area contributed by atoms with Crippen LogP contribution in [-0.4, -0.2) is 95.9 Å². The molecule has 0 aromatic rings. The predicted octanol–water partition coefficient (Wildman–Crippen LogP) is 22.3. The van der Waals surface area contributed by atoms with Gasteiger partial charge in [-0.1, -0.05) is 333 Å². The van der Waals surface area contributed by atoms with E-state index in [9.17, 15) is 43.5 Å². The molecule has 0 aliphatic rings. The second kappa shape index (κ2) is 71.3. The number of phosphoric ester groups is 2. The van der Waals surface area contributed by atoms with Crippen molar-refractivity contribution in [2.45, 2.75) is 386 Å². The van der Waals surface area contributed by atoms with E-state index < -0.39 is 91.5 Å². The minimum atomic E-state index is -4.91. The fourth-order valence-corrected chi connectivity index (χ4v) is 12.7. The van der Waals surface area contributed by atoms with E-state index in [-0.39, 0.29) is 19.3 Å². The lowest BCUT2D eigenvalue weighted by molar-refractivity contribution is -0.161. The van der Waals surface area contributed by atoms with Gasteiger partial charge in [-0.05, 0) is 64.2 Å². The van der Waals surface area contributed by atoms with Gasteiger partial charge in [0.25, 0.3) is 0 Å². The van der Waals surface area contributed by atoms with Gasteiger partial charge in [0.05, 0.1) is 26.4 Å². The number of esters is 3. The summed E-state index contributed by atoms with van der Waals surface area (Å²) < 4.78 is 61.0. The average molecular weight is 1390 g/mol. The highest BCUT2D eigenvalue weighted by molar-refractivity contribution is 7.47. The number of hydrogen-bond donors (Lipinski definition) is 4. The Hall–Kier alpha value is -2.49. The molecule has 0 aliphatic carbocycles. The van der Waals surface area contributed by atoms with Crippen LogP contribution in [0.3, 0.4) is 0 Å². The lowest BCUT2D eigenvalue weighted by Crippen LogP contribution is -2.30. The number of allylic oxidation sites excluding steroid dienone is 8. The van der Waals surface area contributed by atoms with Crippen molar-refractivity contribution in [3.63, 3.8) is 0 Å². The van der Waals surface area contributed by atoms with Crippen LogP contribution in [0.1, 0.15) is 367 Å². The van der Waals surface area contributed by atoms with Crippen molar-refractivity contribution in [2.24, 2.45) is 0 Å². The quantitative estimate of drug-likeness (QED) is 0.0146. The molecule has 0 saturated carbocycles. The Balaban J connectivity index is 4.28. The first-order valence-corrected chi connectivity index (χ1v) is 41.9. The molecule has 0 amide bonds. The van der Waals surface area contributed by atoms with Crippen LogP contribution in [0.2, 0.25) is 0 Å². The molecule has 0 aromatic carbocycles. The summed E-state index contributed by atoms with van der Waals surface area (Å²) >= 11 is 0. The number of unbranched alkanes of at least 4 members (excludes halogenated alkanes) is 44. The fraction of sp³-hybridized carbons (Fsp3) is 0.857. The van der Waals surface area contributed by atoms with E-state index in [4.69, 9.17) is 32.3 Å². The normalized spacial score (nSPS) is 14.3. The van der Waals surface area contributed by atoms with Gasteiger partial charge in [0, 0.05) is 19.3 Å². The second-order valence-electron chi connectivity index (χ2n) is 26.5. The molecule has 0 saturated heterocycles. The smallest absolute Gasteiger partial charge is 0.463 e. The Morgan fingerprint density at radius 1 is 0.295 bits per heavy atom. The maximum absolute atomic E-state index is 12.9. The highest BCUT2D eigenvalue weighted by Gasteiger charge is 2.29. The van der Waals surface area contributed by atoms with Gasteiger partial charge in [0.2, 0.25) is 0 Å². The minimum Gasteiger partial charge on any atom is -0.463 e. The van der Waals surface area contributed by atoms with Gasteiger partial charge in [-0.25, -0.2) is 9.13 Å². The number of phosphoric acid groups is 2. The van der Waals surface area contributed by atoms with Crippen LogP contribution in [0, 0.1) is 0 Å². The van der Waals surface area contributed by atoms with Crippen molar-refractivity contribution >= 4 is 33.6 Å². The van der Waals surface area contributed by atoms with E-state index >= 15 is 0 Å². The molecule has 0 rings (SSSR count). The summed E-state index contributed by atoms with van der Waals surface area (Å²) in [5.74, 6) is -1.55. The molecule has 0 heterocycles. The highest BCUT2D eigenvalue weighted by Crippen LogP contribution is 2.45. The summed E-state index contributed by atoms with van der Waals surface area (Å²) in [5, 5.41) is 20.6. The third-order valence-electron chi connectivity index (χ3n) is 17.1. The van der Waals surface area contributed by atoms with Crippen LogP contribution in [0.15, 0.2) is 48.6 Å². The third-order valence-corrected chi connectivity index (χ3v) is 19.0. The lowest BCUT2D eigenvalue weighted by Gasteiger charge is -2.21. The van der Waals surface area contributed by atoms with Crippen LogP contribution in [0.25, 0.3) is 0 Å². The monoisotopic (exact) mass is 1390 g/mol. The maximum atomic E-state index is 12.9. The highest BCUT2D eigenvalue weighted by atomic mass is 31.2. The molecule has 5 unspecified atom stereocenters. The van der Waals surface area contributed by atoms with Crippen molar-refractivity contribution in [2.75, 3.05) is 39.6 Å². The number of ether oxygens (including phenoxy) is 3. The van der Waals surface area contributed by atoms with Crippen LogP contribution in [0.5, 0.6) is 0 Å². The van der Waals surface area contributed by atoms with Gasteiger partial charge < -0.3 is 34.2 Å². The van der Waals surface area contributed by atoms with Crippen molar-refractivity contribution in [1.82, 2.24) is 0 Å². The summed E-state index contributed by atoms with van der Waals surface area (Å²) in [6, 6.07) is 0. The van der Waals surface area contributed by atoms with E-state index in [1.54, 1.807) is 0 Å². The molecule has 0 radical (unpaired) electrons. The Kier molecular flexibility index (Phi) is 69.5. The van der Waals surface area contributed by atoms with Crippen molar-refractivity contribution in [1.29, 1.82) is 0 Å². The molecule has 0 fully saturated rings. The van der Waals surface area contributed by atoms with E-state index in [2.05, 4.69) is 69.4 Å². The van der Waals surface area contributed by atoms with Crippen molar-refractivity contribution < 1.29 is 75.8 Å². The molecule has 558 valence electrons. The zero-order valence-electron chi connectivity index (χ0n) is 60.9. The van der Waals surface area contributed by atoms with E-state index in [1.165, 1.54) is 225 Å². The number of rotatable bonds is 75. The molecule has 0 bridgehead atoms. The first kappa shape index (κ1) is 92.5. The molecule has 0 aromatic heterocycles. The second-order valence-corrected chi connectivity index (χ2v) is 29.4. The largest absolute Gasteiger partial charge is 0.472 e. The zero-order chi connectivity index (χ0) is 69.5. The summed E-state index contributed by atoms with van der Waals surface area (Å²) in [7, 11) is -9.75. The maximum Gasteiger partial charge on any atom is 0.472 e. The van der Waals surface area contributed by atoms with Crippen molar-refractivity contribution in [3.05, 3.63) is 48.6 Å². The summed E-state index contributed by atoms with van der Waals surface area (Å²) in [5.41, 5.74) is 0. The number of aliphatic hydroxyl groups excluding tert-OH is 2. The van der Waals surface area contributed by atoms with Gasteiger partial charge in [-0.15, -0.1) is 0 Å². The Bertz CT molecular complexity index is 1930. The average Bonchev–Trinajstić information content (AvgIpc) is 3.18. The van der Waals surface area contributed by atoms with Crippen molar-refractivity contribution in [3.8, 4) is 0 Å². The third kappa shape index (κ3) is 72.6. The van der Waals surface area contributed by atoms with Gasteiger partial charge in [-0.3, -0.25) is 32.5 Å². The topological polar surface area (TPSA) is 231 Å². The molecule has 5 atom stereocenters. The molecule has 0 spiro atoms. The molecule has 4 N–H and O–H groups in total. The van der Waals surface area contributed by atoms with E-state index in [0.717, 1.165) is 83.5 Å². The molecule has 18 heteroatoms. The van der Waals surface area contributed by atoms with E-state index in [0.29, 0.717) is 19.3 Å². The molecule has 16 nitrogen and oxygen atoms in total. The number of aliphatic hydroxyl groups is 2. The van der Waals surface area contributed by atoms with Crippen LogP contribution >= 0.6 is 15.6 Å². The SMILES string of the molecule is CCCCC/C=C\C/C=C\C/C=C\C/C=C\CCCCCCCCCCCCCCCCCCCC(=O)OCC(O)COP(=O)(O)OCC(O)COP(=O)(O)OCC(COC(=O)CCCCCCCCCCCCCCCCC)OC(=O)CCCCCCCCCCCCC. The Labute approximate surface area is 580 Å². The standard InChI is InChI=1S/C77H144O16P2/c1-4-7-10-13-16-19-22-24-26-27-28-29-30-31-32-33-34-35-36-37-38-39-40-41-42-43-45-47-49-51-54-57-60-63-75(80)87-66-72(78)67-89-94(83,84)90-68-73(79)69-91-95(85,86)92-71-74(93-77(82)65-62-59-56-53-48-21-18-15-12-9-6-3)70-88-76(81)64-61-58-55-52-50-46-44-25-23-20-17-14-11-8-5-2/h16,19,24,26,28-29,31-32,72-74,78-79H,4-15,17-18,20-23,25,27,30,33-71H2,1-3H3,(H,83,84)(H,85,86)/b19-16-,26-24-,29-28-,32-31-. The number of carbonyl (C=O) groups is 3. The Morgan fingerprint density at radius 3 is 0.853 bits per heavy atom. The van der Waals surface area contributed by atoms with Gasteiger partial charge in [0.15, 0.2) is 6.10 Å². The summed E-state index contributed by atoms with van der Waals surface area (Å²) in [6.45, 7) is 2.71. The van der Waals surface area contributed by atoms with Crippen LogP contribution in [0.4, 0.5) is 0 Å². The van der Waals surface area contributed by atoms with Gasteiger partial charge in [0.1, 0.15) is 25.4 Å². The number of hydrogen-bond acceptors (Lipinski definition) is 14. The first-order valence-electron chi connectivity index (χ1n) is 38.9. The van der Waals surface area contributed by atoms with E-state index in [1.807, 2.05) is 0 Å². The van der Waals surface area contributed by atoms with Crippen LogP contribution < -0.4 is 0 Å². The minimum absolute atomic E-state index is 0.114. The van der Waals surface area contributed by atoms with Crippen LogP contribution in [-0.2, 0) is 55.8 Å². The Morgan fingerprint density at radius 2 is 0.526 bits per heavy atom. The molecular weight excluding hydrogens is 1240 g/mol. The summed E-state index contributed by atoms with van der Waals surface area (Å²) in [4.78, 5) is 58.4. The lowest BCUT2D eigenvalue weighted by atomic mass is 10.0. The van der Waals surface area contributed by atoms with Gasteiger partial charge >= 0.3 is 33.6 Å². The van der Waals surface area contributed by atoms with Gasteiger partial charge in [-0.2, -0.15) is 0 Å². The predicted molar refractivity (Wildman–Crippen MR) is 390 cm³/mol. The fourth-order valence-electron chi connectivity index (χ4n) is 11.1.